The van der Waals surface area contributed by atoms with Crippen molar-refractivity contribution in [3.05, 3.63) is 71.3 Å². The van der Waals surface area contributed by atoms with Crippen molar-refractivity contribution in [3.63, 3.8) is 0 Å². The highest BCUT2D eigenvalue weighted by Gasteiger charge is 2.37. The lowest BCUT2D eigenvalue weighted by Crippen LogP contribution is -2.37. The van der Waals surface area contributed by atoms with Crippen molar-refractivity contribution >= 4 is 0 Å². The Hall–Kier alpha value is -1.60. The predicted octanol–water partition coefficient (Wildman–Crippen LogP) is 4.75. The van der Waals surface area contributed by atoms with Gasteiger partial charge in [0.05, 0.1) is 0 Å². The van der Waals surface area contributed by atoms with Gasteiger partial charge in [0.1, 0.15) is 0 Å². The van der Waals surface area contributed by atoms with Gasteiger partial charge >= 0.3 is 0 Å². The third-order valence-electron chi connectivity index (χ3n) is 5.13. The number of nitrogens with one attached hydrogen (secondary N) is 1. The molecule has 4 unspecified atom stereocenters. The van der Waals surface area contributed by atoms with Crippen LogP contribution in [0.15, 0.2) is 54.6 Å². The Morgan fingerprint density at radius 1 is 0.810 bits per heavy atom. The van der Waals surface area contributed by atoms with Gasteiger partial charge in [-0.25, -0.2) is 0 Å². The zero-order valence-electron chi connectivity index (χ0n) is 13.2. The Bertz CT molecular complexity index is 590. The Morgan fingerprint density at radius 3 is 2.10 bits per heavy atom. The van der Waals surface area contributed by atoms with E-state index in [9.17, 15) is 0 Å². The molecule has 3 rings (SSSR count). The number of hydrogen-bond acceptors (Lipinski definition) is 1. The van der Waals surface area contributed by atoms with E-state index < -0.39 is 0 Å². The number of hydrogen-bond donors (Lipinski definition) is 1. The molecule has 0 aliphatic heterocycles. The van der Waals surface area contributed by atoms with E-state index in [1.165, 1.54) is 16.7 Å². The molecule has 1 nitrogen and oxygen atoms in total. The summed E-state index contributed by atoms with van der Waals surface area (Å²) in [6.45, 7) is 8.02. The van der Waals surface area contributed by atoms with E-state index >= 15 is 0 Å². The smallest absolute Gasteiger partial charge is 0.0351 e. The molecule has 0 amide bonds. The fraction of sp³-hybridized carbons (Fsp3) is 0.400. The first-order valence-electron chi connectivity index (χ1n) is 8.11. The summed E-state index contributed by atoms with van der Waals surface area (Å²) in [5.41, 5.74) is 4.43. The van der Waals surface area contributed by atoms with Crippen LogP contribution in [0.3, 0.4) is 0 Å². The molecule has 0 saturated heterocycles. The third-order valence-corrected chi connectivity index (χ3v) is 5.13. The molecular formula is C20H25N. The first-order chi connectivity index (χ1) is 10.2. The SMILES string of the molecule is CCNC1c2ccccc2C(c2ccccc2)C(C)C1C. The highest BCUT2D eigenvalue weighted by molar-refractivity contribution is 5.43. The van der Waals surface area contributed by atoms with Gasteiger partial charge in [0, 0.05) is 12.0 Å². The normalized spacial score (nSPS) is 28.1. The van der Waals surface area contributed by atoms with Crippen LogP contribution in [0.5, 0.6) is 0 Å². The molecule has 4 atom stereocenters. The number of benzene rings is 2. The average Bonchev–Trinajstić information content (AvgIpc) is 2.53. The molecular weight excluding hydrogens is 254 g/mol. The van der Waals surface area contributed by atoms with Crippen molar-refractivity contribution in [1.29, 1.82) is 0 Å². The maximum atomic E-state index is 3.69. The maximum absolute atomic E-state index is 3.69. The van der Waals surface area contributed by atoms with Crippen LogP contribution in [0.4, 0.5) is 0 Å². The fourth-order valence-electron chi connectivity index (χ4n) is 3.91. The van der Waals surface area contributed by atoms with Crippen molar-refractivity contribution in [2.45, 2.75) is 32.7 Å². The van der Waals surface area contributed by atoms with Crippen molar-refractivity contribution in [2.24, 2.45) is 11.8 Å². The Labute approximate surface area is 128 Å². The summed E-state index contributed by atoms with van der Waals surface area (Å²) >= 11 is 0. The van der Waals surface area contributed by atoms with Crippen LogP contribution in [-0.2, 0) is 0 Å². The van der Waals surface area contributed by atoms with Gasteiger partial charge in [-0.05, 0) is 35.1 Å². The first kappa shape index (κ1) is 14.3. The lowest BCUT2D eigenvalue weighted by molar-refractivity contribution is 0.245. The van der Waals surface area contributed by atoms with Crippen LogP contribution in [0, 0.1) is 11.8 Å². The molecule has 1 aliphatic rings. The van der Waals surface area contributed by atoms with Gasteiger partial charge in [0.2, 0.25) is 0 Å². The molecule has 0 heterocycles. The highest BCUT2D eigenvalue weighted by Crippen LogP contribution is 2.47. The van der Waals surface area contributed by atoms with Gasteiger partial charge in [-0.1, -0.05) is 75.4 Å². The van der Waals surface area contributed by atoms with E-state index in [2.05, 4.69) is 80.7 Å². The molecule has 0 bridgehead atoms. The van der Waals surface area contributed by atoms with E-state index in [1.54, 1.807) is 0 Å². The van der Waals surface area contributed by atoms with Gasteiger partial charge in [-0.2, -0.15) is 0 Å². The van der Waals surface area contributed by atoms with Gasteiger partial charge in [0.15, 0.2) is 0 Å². The van der Waals surface area contributed by atoms with E-state index in [1.807, 2.05) is 0 Å². The monoisotopic (exact) mass is 279 g/mol. The summed E-state index contributed by atoms with van der Waals surface area (Å²) < 4.78 is 0. The van der Waals surface area contributed by atoms with E-state index in [-0.39, 0.29) is 0 Å². The second-order valence-corrected chi connectivity index (χ2v) is 6.27. The minimum absolute atomic E-state index is 0.473. The van der Waals surface area contributed by atoms with Gasteiger partial charge < -0.3 is 5.32 Å². The number of rotatable bonds is 3. The summed E-state index contributed by atoms with van der Waals surface area (Å²) in [6, 6.07) is 20.4. The van der Waals surface area contributed by atoms with Crippen LogP contribution in [0.2, 0.25) is 0 Å². The average molecular weight is 279 g/mol. The zero-order chi connectivity index (χ0) is 14.8. The summed E-state index contributed by atoms with van der Waals surface area (Å²) in [4.78, 5) is 0. The molecule has 0 aromatic heterocycles. The van der Waals surface area contributed by atoms with Crippen molar-refractivity contribution < 1.29 is 0 Å². The van der Waals surface area contributed by atoms with Crippen LogP contribution in [-0.4, -0.2) is 6.54 Å². The molecule has 110 valence electrons. The first-order valence-corrected chi connectivity index (χ1v) is 8.11. The summed E-state index contributed by atoms with van der Waals surface area (Å²) in [5.74, 6) is 1.77. The van der Waals surface area contributed by atoms with Crippen molar-refractivity contribution in [3.8, 4) is 0 Å². The molecule has 0 spiro atoms. The summed E-state index contributed by atoms with van der Waals surface area (Å²) in [7, 11) is 0. The molecule has 2 aromatic carbocycles. The van der Waals surface area contributed by atoms with Crippen LogP contribution >= 0.6 is 0 Å². The minimum Gasteiger partial charge on any atom is -0.310 e. The molecule has 2 aromatic rings. The maximum Gasteiger partial charge on any atom is 0.0351 e. The second kappa shape index (κ2) is 6.03. The number of fused-ring (bicyclic) bond motifs is 1. The topological polar surface area (TPSA) is 12.0 Å². The summed E-state index contributed by atoms with van der Waals surface area (Å²) in [5, 5.41) is 3.69. The van der Waals surface area contributed by atoms with E-state index in [4.69, 9.17) is 0 Å². The van der Waals surface area contributed by atoms with Gasteiger partial charge in [-0.3, -0.25) is 0 Å². The lowest BCUT2D eigenvalue weighted by atomic mass is 9.65. The standard InChI is InChI=1S/C20H25N/c1-4-21-20-15(3)14(2)19(16-10-6-5-7-11-16)17-12-8-9-13-18(17)20/h5-15,19-21H,4H2,1-3H3. The van der Waals surface area contributed by atoms with Crippen LogP contribution < -0.4 is 5.32 Å². The predicted molar refractivity (Wildman–Crippen MR) is 89.5 cm³/mol. The zero-order valence-corrected chi connectivity index (χ0v) is 13.2. The molecule has 1 N–H and O–H groups in total. The molecule has 0 radical (unpaired) electrons. The molecule has 1 aliphatic carbocycles. The quantitative estimate of drug-likeness (QED) is 0.854. The lowest BCUT2D eigenvalue weighted by Gasteiger charge is -2.42. The fourth-order valence-corrected chi connectivity index (χ4v) is 3.91. The molecule has 1 heteroatoms. The summed E-state index contributed by atoms with van der Waals surface area (Å²) in [6.07, 6.45) is 0. The second-order valence-electron chi connectivity index (χ2n) is 6.27. The third kappa shape index (κ3) is 2.51. The minimum atomic E-state index is 0.473. The van der Waals surface area contributed by atoms with Gasteiger partial charge in [0.25, 0.3) is 0 Å². The van der Waals surface area contributed by atoms with Gasteiger partial charge in [-0.15, -0.1) is 0 Å². The highest BCUT2D eigenvalue weighted by atomic mass is 14.9. The largest absolute Gasteiger partial charge is 0.310 e. The van der Waals surface area contributed by atoms with E-state index in [0.717, 1.165) is 6.54 Å². The van der Waals surface area contributed by atoms with Crippen LogP contribution in [0.25, 0.3) is 0 Å². The Kier molecular flexibility index (Phi) is 4.12. The van der Waals surface area contributed by atoms with E-state index in [0.29, 0.717) is 23.8 Å². The van der Waals surface area contributed by atoms with Crippen molar-refractivity contribution in [2.75, 3.05) is 6.54 Å². The Morgan fingerprint density at radius 2 is 1.43 bits per heavy atom. The van der Waals surface area contributed by atoms with Crippen LogP contribution in [0.1, 0.15) is 49.4 Å². The molecule has 21 heavy (non-hydrogen) atoms. The molecule has 0 fully saturated rings. The molecule has 0 saturated carbocycles. The Balaban J connectivity index is 2.11. The van der Waals surface area contributed by atoms with Crippen molar-refractivity contribution in [1.82, 2.24) is 5.32 Å².